The van der Waals surface area contributed by atoms with E-state index in [2.05, 4.69) is 52.1 Å². The molecule has 2 heterocycles. The summed E-state index contributed by atoms with van der Waals surface area (Å²) in [7, 11) is 0. The van der Waals surface area contributed by atoms with Gasteiger partial charge in [0.15, 0.2) is 5.75 Å². The fraction of sp³-hybridized carbons (Fsp3) is 0.545. The number of hydrogen-bond acceptors (Lipinski definition) is 5. The van der Waals surface area contributed by atoms with Crippen LogP contribution in [0.25, 0.3) is 0 Å². The predicted octanol–water partition coefficient (Wildman–Crippen LogP) is 3.17. The first-order valence-corrected chi connectivity index (χ1v) is 11.1. The Morgan fingerprint density at radius 2 is 2.07 bits per heavy atom. The van der Waals surface area contributed by atoms with Crippen LogP contribution in [0.5, 0.6) is 5.75 Å². The summed E-state index contributed by atoms with van der Waals surface area (Å²) >= 11 is 3.36. The molecule has 3 aliphatic rings. The Morgan fingerprint density at radius 3 is 2.73 bits per heavy atom. The Bertz CT molecular complexity index is 992. The van der Waals surface area contributed by atoms with Crippen molar-refractivity contribution < 1.29 is 9.53 Å². The summed E-state index contributed by atoms with van der Waals surface area (Å²) in [5, 5.41) is 6.95. The molecule has 0 spiro atoms. The summed E-state index contributed by atoms with van der Waals surface area (Å²) in [5.41, 5.74) is 0.939. The zero-order chi connectivity index (χ0) is 21.5. The SMILES string of the molecule is C[C@@H]1[C@H]2C[C@@H](C[C@H]1Oc1cnn(CC(=O)NCc3ccncc3)c(=O)c1Br)C2(C)C. The van der Waals surface area contributed by atoms with E-state index in [1.54, 1.807) is 12.4 Å². The molecule has 2 aromatic heterocycles. The second kappa shape index (κ2) is 8.13. The highest BCUT2D eigenvalue weighted by atomic mass is 79.9. The number of nitrogens with zero attached hydrogens (tertiary/aromatic N) is 3. The molecule has 0 radical (unpaired) electrons. The molecule has 2 aromatic rings. The zero-order valence-electron chi connectivity index (χ0n) is 17.5. The fourth-order valence-electron chi connectivity index (χ4n) is 4.96. The summed E-state index contributed by atoms with van der Waals surface area (Å²) in [6, 6.07) is 3.65. The van der Waals surface area contributed by atoms with Crippen molar-refractivity contribution in [2.45, 2.75) is 52.8 Å². The molecule has 0 aliphatic heterocycles. The van der Waals surface area contributed by atoms with Gasteiger partial charge in [-0.1, -0.05) is 20.8 Å². The van der Waals surface area contributed by atoms with Gasteiger partial charge in [-0.05, 0) is 69.6 Å². The third kappa shape index (κ3) is 3.89. The number of rotatable bonds is 6. The Balaban J connectivity index is 1.39. The summed E-state index contributed by atoms with van der Waals surface area (Å²) in [6.07, 6.45) is 7.21. The van der Waals surface area contributed by atoms with Crippen LogP contribution in [0.1, 0.15) is 39.2 Å². The van der Waals surface area contributed by atoms with Crippen molar-refractivity contribution in [3.8, 4) is 5.75 Å². The molecule has 30 heavy (non-hydrogen) atoms. The van der Waals surface area contributed by atoms with Gasteiger partial charge < -0.3 is 10.1 Å². The number of halogens is 1. The smallest absolute Gasteiger partial charge is 0.285 e. The summed E-state index contributed by atoms with van der Waals surface area (Å²) in [4.78, 5) is 28.9. The standard InChI is InChI=1S/C22H27BrN4O3/c1-13-16-8-15(22(16,2)3)9-17(13)30-18-11-26-27(21(29)20(18)23)12-19(28)25-10-14-4-6-24-7-5-14/h4-7,11,13,15-17H,8-10,12H2,1-3H3,(H,25,28)/t13-,15+,16-,17-/m1/s1. The molecule has 3 saturated carbocycles. The number of carbonyl (C=O) groups excluding carboxylic acids is 1. The van der Waals surface area contributed by atoms with Crippen molar-refractivity contribution in [2.24, 2.45) is 23.2 Å². The van der Waals surface area contributed by atoms with Gasteiger partial charge in [0, 0.05) is 18.9 Å². The Morgan fingerprint density at radius 1 is 1.33 bits per heavy atom. The minimum Gasteiger partial charge on any atom is -0.487 e. The number of nitrogens with one attached hydrogen (secondary N) is 1. The molecule has 0 unspecified atom stereocenters. The largest absolute Gasteiger partial charge is 0.487 e. The highest BCUT2D eigenvalue weighted by Crippen LogP contribution is 2.61. The van der Waals surface area contributed by atoms with Crippen LogP contribution in [0.3, 0.4) is 0 Å². The Labute approximate surface area is 184 Å². The van der Waals surface area contributed by atoms with Crippen LogP contribution >= 0.6 is 15.9 Å². The average Bonchev–Trinajstić information content (AvgIpc) is 2.73. The van der Waals surface area contributed by atoms with E-state index in [1.165, 1.54) is 12.6 Å². The van der Waals surface area contributed by atoms with Crippen LogP contribution in [0.15, 0.2) is 40.0 Å². The normalized spacial score (nSPS) is 26.5. The summed E-state index contributed by atoms with van der Waals surface area (Å²) < 4.78 is 7.66. The maximum Gasteiger partial charge on any atom is 0.285 e. The predicted molar refractivity (Wildman–Crippen MR) is 116 cm³/mol. The van der Waals surface area contributed by atoms with E-state index in [1.807, 2.05) is 12.1 Å². The molecule has 160 valence electrons. The van der Waals surface area contributed by atoms with E-state index in [0.717, 1.165) is 16.7 Å². The van der Waals surface area contributed by atoms with Gasteiger partial charge in [-0.15, -0.1) is 0 Å². The van der Waals surface area contributed by atoms with Crippen molar-refractivity contribution in [1.82, 2.24) is 20.1 Å². The Hall–Kier alpha value is -2.22. The first kappa shape index (κ1) is 21.0. The van der Waals surface area contributed by atoms with Gasteiger partial charge in [0.25, 0.3) is 5.56 Å². The third-order valence-corrected chi connectivity index (χ3v) is 7.78. The number of pyridine rings is 1. The molecule has 1 amide bonds. The van der Waals surface area contributed by atoms with Crippen LogP contribution in [0.2, 0.25) is 0 Å². The van der Waals surface area contributed by atoms with Gasteiger partial charge in [-0.3, -0.25) is 14.6 Å². The van der Waals surface area contributed by atoms with Gasteiger partial charge >= 0.3 is 0 Å². The number of ether oxygens (including phenoxy) is 1. The van der Waals surface area contributed by atoms with Crippen molar-refractivity contribution in [1.29, 1.82) is 0 Å². The van der Waals surface area contributed by atoms with Crippen molar-refractivity contribution >= 4 is 21.8 Å². The molecule has 0 saturated heterocycles. The Kier molecular flexibility index (Phi) is 5.70. The van der Waals surface area contributed by atoms with E-state index in [0.29, 0.717) is 39.9 Å². The van der Waals surface area contributed by atoms with Gasteiger partial charge in [0.1, 0.15) is 17.1 Å². The van der Waals surface area contributed by atoms with Gasteiger partial charge in [-0.25, -0.2) is 4.68 Å². The maximum atomic E-state index is 12.7. The molecule has 5 rings (SSSR count). The highest BCUT2D eigenvalue weighted by molar-refractivity contribution is 9.10. The second-order valence-corrected chi connectivity index (χ2v) is 9.82. The average molecular weight is 475 g/mol. The van der Waals surface area contributed by atoms with E-state index in [4.69, 9.17) is 4.74 Å². The molecule has 7 nitrogen and oxygen atoms in total. The lowest BCUT2D eigenvalue weighted by molar-refractivity contribution is -0.147. The lowest BCUT2D eigenvalue weighted by Gasteiger charge is -2.61. The summed E-state index contributed by atoms with van der Waals surface area (Å²) in [6.45, 7) is 7.15. The lowest BCUT2D eigenvalue weighted by Crippen LogP contribution is -2.58. The van der Waals surface area contributed by atoms with Gasteiger partial charge in [-0.2, -0.15) is 5.10 Å². The topological polar surface area (TPSA) is 86.1 Å². The minimum absolute atomic E-state index is 0.0822. The second-order valence-electron chi connectivity index (χ2n) is 9.03. The molecular formula is C22H27BrN4O3. The van der Waals surface area contributed by atoms with E-state index in [-0.39, 0.29) is 24.1 Å². The molecular weight excluding hydrogens is 448 g/mol. The zero-order valence-corrected chi connectivity index (χ0v) is 19.1. The number of aromatic nitrogens is 3. The van der Waals surface area contributed by atoms with Crippen LogP contribution in [0.4, 0.5) is 0 Å². The van der Waals surface area contributed by atoms with Crippen LogP contribution in [-0.4, -0.2) is 26.8 Å². The minimum atomic E-state index is -0.375. The van der Waals surface area contributed by atoms with Crippen LogP contribution in [0, 0.1) is 23.2 Å². The first-order valence-electron chi connectivity index (χ1n) is 10.3. The number of carbonyl (C=O) groups is 1. The third-order valence-electron chi connectivity index (χ3n) is 7.05. The monoisotopic (exact) mass is 474 g/mol. The lowest BCUT2D eigenvalue weighted by atomic mass is 9.45. The maximum absolute atomic E-state index is 12.7. The molecule has 4 atom stereocenters. The summed E-state index contributed by atoms with van der Waals surface area (Å²) in [5.74, 6) is 1.91. The number of fused-ring (bicyclic) bond motifs is 2. The molecule has 2 bridgehead atoms. The van der Waals surface area contributed by atoms with E-state index in [9.17, 15) is 9.59 Å². The number of amides is 1. The fourth-order valence-corrected chi connectivity index (χ4v) is 5.36. The molecule has 3 fully saturated rings. The molecule has 3 aliphatic carbocycles. The van der Waals surface area contributed by atoms with E-state index >= 15 is 0 Å². The molecule has 0 aromatic carbocycles. The molecule has 8 heteroatoms. The number of hydrogen-bond donors (Lipinski definition) is 1. The van der Waals surface area contributed by atoms with Gasteiger partial charge in [0.05, 0.1) is 6.20 Å². The van der Waals surface area contributed by atoms with Crippen molar-refractivity contribution in [3.63, 3.8) is 0 Å². The van der Waals surface area contributed by atoms with Crippen molar-refractivity contribution in [3.05, 3.63) is 51.1 Å². The highest BCUT2D eigenvalue weighted by Gasteiger charge is 2.57. The van der Waals surface area contributed by atoms with Gasteiger partial charge in [0.2, 0.25) is 5.91 Å². The first-order chi connectivity index (χ1) is 14.3. The quantitative estimate of drug-likeness (QED) is 0.694. The van der Waals surface area contributed by atoms with E-state index < -0.39 is 0 Å². The van der Waals surface area contributed by atoms with Crippen LogP contribution < -0.4 is 15.6 Å². The van der Waals surface area contributed by atoms with Crippen LogP contribution in [-0.2, 0) is 17.9 Å². The van der Waals surface area contributed by atoms with Crippen molar-refractivity contribution in [2.75, 3.05) is 0 Å². The molecule has 1 N–H and O–H groups in total.